The first-order valence-electron chi connectivity index (χ1n) is 24.2. The number of aromatic amines is 1. The topological polar surface area (TPSA) is 288 Å². The quantitative estimate of drug-likeness (QED) is 0.0593. The third kappa shape index (κ3) is 12.1. The zero-order chi connectivity index (χ0) is 55.4. The second-order valence-electron chi connectivity index (χ2n) is 17.7. The van der Waals surface area contributed by atoms with Crippen molar-refractivity contribution in [2.24, 2.45) is 0 Å². The molecular weight excluding hydrogens is 1010 g/mol. The van der Waals surface area contributed by atoms with Crippen LogP contribution in [0.5, 0.6) is 0 Å². The molecule has 4 heterocycles. The van der Waals surface area contributed by atoms with E-state index in [1.165, 1.54) is 12.4 Å². The smallest absolute Gasteiger partial charge is 0.335 e. The molecule has 79 heavy (non-hydrogen) atoms. The summed E-state index contributed by atoms with van der Waals surface area (Å²) in [5, 5.41) is 33.8. The van der Waals surface area contributed by atoms with E-state index in [-0.39, 0.29) is 11.8 Å². The first-order chi connectivity index (χ1) is 38.4. The number of rotatable bonds is 11. The predicted molar refractivity (Wildman–Crippen MR) is 309 cm³/mol. The molecule has 4 aromatic heterocycles. The molecule has 9 N–H and O–H groups in total. The zero-order valence-electron chi connectivity index (χ0n) is 42.2. The Kier molecular flexibility index (Phi) is 15.9. The molecule has 0 unspecified atom stereocenters. The Bertz CT molecular complexity index is 4180. The molecule has 0 aliphatic carbocycles. The van der Waals surface area contributed by atoms with Crippen molar-refractivity contribution in [3.05, 3.63) is 222 Å². The predicted octanol–water partition coefficient (Wildman–Crippen LogP) is 11.6. The highest BCUT2D eigenvalue weighted by atomic mass is 32.1. The van der Waals surface area contributed by atoms with Crippen LogP contribution in [-0.4, -0.2) is 49.7 Å². The van der Waals surface area contributed by atoms with Crippen LogP contribution in [0.1, 0.15) is 43.0 Å². The second kappa shape index (κ2) is 23.9. The van der Waals surface area contributed by atoms with E-state index in [4.69, 9.17) is 24.9 Å². The molecule has 19 heteroatoms. The second-order valence-corrected chi connectivity index (χ2v) is 17.8. The molecule has 0 radical (unpaired) electrons. The largest absolute Gasteiger partial charge is 0.399 e. The third-order valence-corrected chi connectivity index (χ3v) is 12.5. The zero-order valence-corrected chi connectivity index (χ0v) is 43.0. The highest BCUT2D eigenvalue weighted by Crippen LogP contribution is 2.35. The number of anilines is 8. The number of amides is 2. The van der Waals surface area contributed by atoms with Crippen molar-refractivity contribution in [2.75, 3.05) is 32.7 Å². The average Bonchev–Trinajstić information content (AvgIpc) is 4.16. The summed E-state index contributed by atoms with van der Waals surface area (Å²) in [5.74, 6) is 0.192. The van der Waals surface area contributed by atoms with Crippen LogP contribution in [0.2, 0.25) is 0 Å². The minimum Gasteiger partial charge on any atom is -0.399 e. The summed E-state index contributed by atoms with van der Waals surface area (Å²) in [6.07, 6.45) is 6.87. The summed E-state index contributed by atoms with van der Waals surface area (Å²) < 4.78 is 18.7. The van der Waals surface area contributed by atoms with Gasteiger partial charge in [-0.15, -0.1) is 0 Å². The van der Waals surface area contributed by atoms with Gasteiger partial charge in [0.15, 0.2) is 0 Å². The molecular formula is C60H46N14O4S. The molecule has 386 valence electrons. The van der Waals surface area contributed by atoms with Crippen LogP contribution >= 0.6 is 0 Å². The van der Waals surface area contributed by atoms with E-state index in [9.17, 15) is 20.1 Å². The van der Waals surface area contributed by atoms with Gasteiger partial charge in [-0.1, -0.05) is 66.7 Å². The van der Waals surface area contributed by atoms with Crippen LogP contribution < -0.4 is 32.7 Å². The summed E-state index contributed by atoms with van der Waals surface area (Å²) in [6, 6.07) is 55.0. The van der Waals surface area contributed by atoms with Crippen molar-refractivity contribution < 1.29 is 18.0 Å². The minimum atomic E-state index is -0.750. The van der Waals surface area contributed by atoms with Gasteiger partial charge in [-0.05, 0) is 122 Å². The number of hydrogen-bond acceptors (Lipinski definition) is 14. The number of nitrogens with two attached hydrogens (primary N) is 2. The normalized spacial score (nSPS) is 10.4. The van der Waals surface area contributed by atoms with Gasteiger partial charge in [0.05, 0.1) is 40.4 Å². The van der Waals surface area contributed by atoms with E-state index in [0.717, 1.165) is 49.7 Å². The maximum Gasteiger partial charge on any atom is 0.335 e. The molecule has 11 rings (SSSR count). The number of aromatic nitrogens is 6. The van der Waals surface area contributed by atoms with E-state index in [1.807, 2.05) is 142 Å². The summed E-state index contributed by atoms with van der Waals surface area (Å²) in [4.78, 5) is 46.8. The monoisotopic (exact) mass is 1060 g/mol. The number of aryl methyl sites for hydroxylation is 2. The number of nitrogens with one attached hydrogen (secondary N) is 5. The average molecular weight is 1060 g/mol. The van der Waals surface area contributed by atoms with E-state index in [1.54, 1.807) is 48.5 Å². The van der Waals surface area contributed by atoms with Crippen molar-refractivity contribution in [1.82, 2.24) is 29.5 Å². The Labute approximate surface area is 456 Å². The maximum atomic E-state index is 12.8. The summed E-state index contributed by atoms with van der Waals surface area (Å²) in [6.45, 7) is 3.83. The number of nitriles is 2. The molecule has 11 aromatic rings. The number of para-hydroxylation sites is 3. The van der Waals surface area contributed by atoms with Crippen LogP contribution in [-0.2, 0) is 11.6 Å². The van der Waals surface area contributed by atoms with Gasteiger partial charge < -0.3 is 42.3 Å². The highest BCUT2D eigenvalue weighted by Gasteiger charge is 2.19. The molecule has 7 aromatic carbocycles. The molecule has 0 fully saturated rings. The fraction of sp³-hybridized carbons (Fsp3) is 0.0333. The van der Waals surface area contributed by atoms with Gasteiger partial charge in [-0.3, -0.25) is 9.59 Å². The minimum absolute atomic E-state index is 0.235. The van der Waals surface area contributed by atoms with Crippen LogP contribution in [0.4, 0.5) is 46.0 Å². The number of H-pyrrole nitrogens is 1. The lowest BCUT2D eigenvalue weighted by Crippen LogP contribution is -2.13. The van der Waals surface area contributed by atoms with Crippen molar-refractivity contribution in [2.45, 2.75) is 13.8 Å². The van der Waals surface area contributed by atoms with Crippen molar-refractivity contribution in [1.29, 1.82) is 10.5 Å². The lowest BCUT2D eigenvalue weighted by atomic mass is 10.1. The van der Waals surface area contributed by atoms with Gasteiger partial charge >= 0.3 is 11.6 Å². The molecule has 0 atom stereocenters. The standard InChI is InChI=1S/C33H25N7O.C27H21N7O.O2S/c1-21-11-16-25(17-29(21)38-32(41)22-12-14-24(35)15-13-22)37-33-36-19-23(18-34)31(39-33)28-20-40(26-7-3-2-4-8-26)30-10-6-5-9-27(28)30;1-16-6-11-20(12-24(16)33-26(35)17-7-9-19(29)10-8-17)32-27-31-14-18(13-28)25(34-27)22-15-30-23-5-3-2-4-21(22)23;1-3-2/h2-17,19-20H,35H2,1H3,(H,38,41)(H,36,37,39);2-12,14-15,30H,29H2,1H3,(H,33,35)(H,31,32,34);. The SMILES string of the molecule is Cc1ccc(Nc2ncc(C#N)c(-c3c[nH]c4ccccc34)n2)cc1NC(=O)c1ccc(N)cc1.Cc1ccc(Nc2ncc(C#N)c(-c3cn(-c4ccccc4)c4ccccc34)n2)cc1NC(=O)c1ccc(N)cc1.O=S=O. The molecule has 0 aliphatic rings. The molecule has 18 nitrogen and oxygen atoms in total. The van der Waals surface area contributed by atoms with Gasteiger partial charge in [0.25, 0.3) is 11.8 Å². The number of carbonyl (C=O) groups is 2. The highest BCUT2D eigenvalue weighted by molar-refractivity contribution is 7.51. The van der Waals surface area contributed by atoms with E-state index in [0.29, 0.717) is 79.7 Å². The fourth-order valence-corrected chi connectivity index (χ4v) is 8.48. The Hall–Kier alpha value is -11.3. The van der Waals surface area contributed by atoms with Gasteiger partial charge in [-0.2, -0.15) is 18.9 Å². The van der Waals surface area contributed by atoms with Crippen LogP contribution in [0.3, 0.4) is 0 Å². The Morgan fingerprint density at radius 2 is 1.05 bits per heavy atom. The first kappa shape index (κ1) is 52.6. The number of hydrogen-bond donors (Lipinski definition) is 7. The Balaban J connectivity index is 0.000000185. The fourth-order valence-electron chi connectivity index (χ4n) is 8.48. The van der Waals surface area contributed by atoms with E-state index in [2.05, 4.69) is 57.9 Å². The van der Waals surface area contributed by atoms with Gasteiger partial charge in [-0.25, -0.2) is 19.9 Å². The Morgan fingerprint density at radius 1 is 0.582 bits per heavy atom. The molecule has 0 spiro atoms. The first-order valence-corrected chi connectivity index (χ1v) is 24.9. The van der Waals surface area contributed by atoms with E-state index >= 15 is 0 Å². The number of benzene rings is 7. The van der Waals surface area contributed by atoms with Gasteiger partial charge in [0, 0.05) is 90.7 Å². The molecule has 0 saturated carbocycles. The van der Waals surface area contributed by atoms with Crippen molar-refractivity contribution in [3.63, 3.8) is 0 Å². The van der Waals surface area contributed by atoms with Crippen LogP contribution in [0.25, 0.3) is 50.0 Å². The Morgan fingerprint density at radius 3 is 1.57 bits per heavy atom. The van der Waals surface area contributed by atoms with Crippen molar-refractivity contribution >= 4 is 91.2 Å². The van der Waals surface area contributed by atoms with Gasteiger partial charge in [0.2, 0.25) is 11.9 Å². The summed E-state index contributed by atoms with van der Waals surface area (Å²) >= 11 is -0.750. The lowest BCUT2D eigenvalue weighted by molar-refractivity contribution is 0.101. The summed E-state index contributed by atoms with van der Waals surface area (Å²) in [7, 11) is 0. The van der Waals surface area contributed by atoms with Gasteiger partial charge in [0.1, 0.15) is 12.1 Å². The number of nitrogen functional groups attached to an aromatic ring is 2. The van der Waals surface area contributed by atoms with Crippen molar-refractivity contribution in [3.8, 4) is 40.3 Å². The third-order valence-electron chi connectivity index (χ3n) is 12.5. The molecule has 0 aliphatic heterocycles. The number of fused-ring (bicyclic) bond motifs is 2. The number of nitrogens with zero attached hydrogens (tertiary/aromatic N) is 7. The molecule has 0 bridgehead atoms. The summed E-state index contributed by atoms with van der Waals surface area (Å²) in [5.41, 5.74) is 24.6. The van der Waals surface area contributed by atoms with E-state index < -0.39 is 11.6 Å². The lowest BCUT2D eigenvalue weighted by Gasteiger charge is -2.12. The van der Waals surface area contributed by atoms with Crippen LogP contribution in [0.15, 0.2) is 189 Å². The molecule has 2 amide bonds. The molecule has 0 saturated heterocycles. The maximum absolute atomic E-state index is 12.8. The number of carbonyl (C=O) groups excluding carboxylic acids is 2. The van der Waals surface area contributed by atoms with Crippen LogP contribution in [0, 0.1) is 36.5 Å².